The van der Waals surface area contributed by atoms with E-state index in [0.29, 0.717) is 56.5 Å². The molecule has 2 heterocycles. The van der Waals surface area contributed by atoms with Crippen LogP contribution in [0.15, 0.2) is 36.4 Å². The highest BCUT2D eigenvalue weighted by Gasteiger charge is 2.43. The smallest absolute Gasteiger partial charge is 0.397 e. The first-order chi connectivity index (χ1) is 18.2. The molecule has 2 aromatic carbocycles. The van der Waals surface area contributed by atoms with Crippen LogP contribution >= 0.6 is 17.0 Å². The number of carbonyl (C=O) groups excluding carboxylic acids is 1. The van der Waals surface area contributed by atoms with Gasteiger partial charge in [-0.15, -0.1) is 0 Å². The standard InChI is InChI=1S/C29H41NO7P2/c1-27(2,3)23-14-20(15-24(26(23)32)28(4,5)6)8-13-25(31)30-21-9-11-22(12-10-21)37-39-35-18-29(19-36-39)16-33-38(7)34-17-29/h9-12,14-15,32H,8,13,16-19H2,1-7H3,(H,30,31). The van der Waals surface area contributed by atoms with Gasteiger partial charge in [0.1, 0.15) is 11.5 Å². The van der Waals surface area contributed by atoms with E-state index in [9.17, 15) is 9.90 Å². The molecule has 39 heavy (non-hydrogen) atoms. The number of aryl methyl sites for hydroxylation is 1. The maximum absolute atomic E-state index is 12.7. The van der Waals surface area contributed by atoms with Crippen molar-refractivity contribution in [2.75, 3.05) is 38.4 Å². The Labute approximate surface area is 234 Å². The third kappa shape index (κ3) is 7.91. The van der Waals surface area contributed by atoms with Gasteiger partial charge in [0.05, 0.1) is 31.8 Å². The lowest BCUT2D eigenvalue weighted by molar-refractivity contribution is -0.116. The van der Waals surface area contributed by atoms with Crippen molar-refractivity contribution in [1.29, 1.82) is 0 Å². The van der Waals surface area contributed by atoms with Gasteiger partial charge < -0.3 is 33.0 Å². The van der Waals surface area contributed by atoms with Crippen LogP contribution < -0.4 is 9.84 Å². The molecule has 0 atom stereocenters. The van der Waals surface area contributed by atoms with Gasteiger partial charge in [-0.1, -0.05) is 53.7 Å². The Morgan fingerprint density at radius 3 is 1.95 bits per heavy atom. The number of anilines is 1. The van der Waals surface area contributed by atoms with Crippen LogP contribution in [0.25, 0.3) is 0 Å². The van der Waals surface area contributed by atoms with Gasteiger partial charge in [0.25, 0.3) is 0 Å². The molecule has 10 heteroatoms. The van der Waals surface area contributed by atoms with E-state index in [1.54, 1.807) is 24.3 Å². The van der Waals surface area contributed by atoms with Crippen molar-refractivity contribution >= 4 is 28.6 Å². The molecule has 2 saturated heterocycles. The molecule has 4 rings (SSSR count). The highest BCUT2D eigenvalue weighted by molar-refractivity contribution is 7.46. The maximum Gasteiger partial charge on any atom is 0.397 e. The summed E-state index contributed by atoms with van der Waals surface area (Å²) in [5.41, 5.74) is 2.85. The predicted octanol–water partition coefficient (Wildman–Crippen LogP) is 7.19. The number of hydrogen-bond acceptors (Lipinski definition) is 7. The minimum atomic E-state index is -1.50. The Kier molecular flexibility index (Phi) is 9.27. The summed E-state index contributed by atoms with van der Waals surface area (Å²) in [5, 5.41) is 13.9. The first-order valence-electron chi connectivity index (χ1n) is 13.2. The molecule has 1 amide bonds. The molecule has 2 N–H and O–H groups in total. The van der Waals surface area contributed by atoms with Crippen LogP contribution in [0.3, 0.4) is 0 Å². The largest absolute Gasteiger partial charge is 0.507 e. The number of phenols is 1. The van der Waals surface area contributed by atoms with Gasteiger partial charge in [-0.25, -0.2) is 0 Å². The fraction of sp³-hybridized carbons (Fsp3) is 0.552. The SMILES string of the molecule is CP1OCC2(CO1)COP(Oc1ccc(NC(=O)CCc3cc(C(C)(C)C)c(O)c(C(C)(C)C)c3)cc1)OC2. The van der Waals surface area contributed by atoms with Crippen molar-refractivity contribution in [2.24, 2.45) is 5.41 Å². The number of nitrogens with one attached hydrogen (secondary N) is 1. The van der Waals surface area contributed by atoms with Crippen molar-refractivity contribution in [3.63, 3.8) is 0 Å². The quantitative estimate of drug-likeness (QED) is 0.351. The highest BCUT2D eigenvalue weighted by atomic mass is 31.2. The summed E-state index contributed by atoms with van der Waals surface area (Å²) in [6.45, 7) is 16.5. The van der Waals surface area contributed by atoms with Gasteiger partial charge in [0.2, 0.25) is 5.91 Å². The summed E-state index contributed by atoms with van der Waals surface area (Å²) >= 11 is 0. The number of carbonyl (C=O) groups is 1. The summed E-state index contributed by atoms with van der Waals surface area (Å²) in [6, 6.07) is 11.2. The summed E-state index contributed by atoms with van der Waals surface area (Å²) in [7, 11) is -2.31. The average molecular weight is 578 g/mol. The van der Waals surface area contributed by atoms with Crippen LogP contribution in [0, 0.1) is 5.41 Å². The zero-order valence-corrected chi connectivity index (χ0v) is 25.8. The normalized spacial score (nSPS) is 24.0. The Hall–Kier alpha value is -1.79. The van der Waals surface area contributed by atoms with E-state index >= 15 is 0 Å². The minimum Gasteiger partial charge on any atom is -0.507 e. The molecule has 0 saturated carbocycles. The van der Waals surface area contributed by atoms with Crippen molar-refractivity contribution in [3.05, 3.63) is 53.1 Å². The minimum absolute atomic E-state index is 0.0763. The second kappa shape index (κ2) is 12.0. The maximum atomic E-state index is 12.7. The molecular formula is C29H41NO7P2. The molecule has 8 nitrogen and oxygen atoms in total. The molecule has 0 aliphatic carbocycles. The van der Waals surface area contributed by atoms with Crippen molar-refractivity contribution in [2.45, 2.75) is 65.2 Å². The fourth-order valence-electron chi connectivity index (χ4n) is 4.36. The van der Waals surface area contributed by atoms with Crippen LogP contribution in [-0.4, -0.2) is 44.1 Å². The van der Waals surface area contributed by atoms with Crippen molar-refractivity contribution < 1.29 is 32.5 Å². The molecule has 0 unspecified atom stereocenters. The number of rotatable bonds is 6. The molecule has 2 aliphatic rings. The van der Waals surface area contributed by atoms with Crippen LogP contribution in [0.2, 0.25) is 0 Å². The number of benzene rings is 2. The van der Waals surface area contributed by atoms with Crippen molar-refractivity contribution in [3.8, 4) is 11.5 Å². The molecule has 214 valence electrons. The zero-order chi connectivity index (χ0) is 28.4. The van der Waals surface area contributed by atoms with E-state index < -0.39 is 17.0 Å². The van der Waals surface area contributed by atoms with E-state index in [0.717, 1.165) is 16.7 Å². The van der Waals surface area contributed by atoms with Crippen LogP contribution in [-0.2, 0) is 40.1 Å². The second-order valence-corrected chi connectivity index (χ2v) is 15.0. The Bertz CT molecular complexity index is 1100. The Morgan fingerprint density at radius 1 is 0.923 bits per heavy atom. The molecular weight excluding hydrogens is 536 g/mol. The lowest BCUT2D eigenvalue weighted by Gasteiger charge is -2.41. The monoisotopic (exact) mass is 577 g/mol. The number of hydrogen-bond donors (Lipinski definition) is 2. The molecule has 0 aromatic heterocycles. The lowest BCUT2D eigenvalue weighted by atomic mass is 9.78. The third-order valence-corrected chi connectivity index (χ3v) is 8.83. The summed E-state index contributed by atoms with van der Waals surface area (Å²) in [6.07, 6.45) is 0.911. The lowest BCUT2D eigenvalue weighted by Crippen LogP contribution is -2.44. The average Bonchev–Trinajstić information content (AvgIpc) is 2.86. The van der Waals surface area contributed by atoms with Crippen molar-refractivity contribution in [1.82, 2.24) is 0 Å². The van der Waals surface area contributed by atoms with E-state index in [-0.39, 0.29) is 22.2 Å². The van der Waals surface area contributed by atoms with Crippen LogP contribution in [0.4, 0.5) is 5.69 Å². The molecule has 1 spiro atoms. The Morgan fingerprint density at radius 2 is 1.44 bits per heavy atom. The Balaban J connectivity index is 1.29. The summed E-state index contributed by atoms with van der Waals surface area (Å²) < 4.78 is 28.8. The molecule has 2 aromatic rings. The van der Waals surface area contributed by atoms with Gasteiger partial charge >= 0.3 is 8.60 Å². The van der Waals surface area contributed by atoms with Gasteiger partial charge in [-0.3, -0.25) is 4.79 Å². The highest BCUT2D eigenvalue weighted by Crippen LogP contribution is 2.51. The van der Waals surface area contributed by atoms with E-state index in [4.69, 9.17) is 22.6 Å². The van der Waals surface area contributed by atoms with E-state index in [2.05, 4.69) is 46.9 Å². The number of aromatic hydroxyl groups is 1. The van der Waals surface area contributed by atoms with Gasteiger partial charge in [-0.05, 0) is 58.2 Å². The van der Waals surface area contributed by atoms with E-state index in [1.165, 1.54) is 0 Å². The first-order valence-corrected chi connectivity index (χ1v) is 16.0. The molecule has 0 radical (unpaired) electrons. The summed E-state index contributed by atoms with van der Waals surface area (Å²) in [4.78, 5) is 12.7. The number of phenolic OH excluding ortho intramolecular Hbond substituents is 1. The van der Waals surface area contributed by atoms with Gasteiger partial charge in [-0.2, -0.15) is 0 Å². The third-order valence-electron chi connectivity index (χ3n) is 6.80. The van der Waals surface area contributed by atoms with Crippen LogP contribution in [0.5, 0.6) is 11.5 Å². The molecule has 2 aliphatic heterocycles. The molecule has 2 fully saturated rings. The second-order valence-electron chi connectivity index (χ2n) is 12.5. The summed E-state index contributed by atoms with van der Waals surface area (Å²) in [5.74, 6) is 0.882. The first kappa shape index (κ1) is 30.2. The van der Waals surface area contributed by atoms with Crippen LogP contribution in [0.1, 0.15) is 64.7 Å². The van der Waals surface area contributed by atoms with Gasteiger partial charge in [0, 0.05) is 18.8 Å². The molecule has 0 bridgehead atoms. The predicted molar refractivity (Wildman–Crippen MR) is 156 cm³/mol. The fourth-order valence-corrected chi connectivity index (χ4v) is 6.58. The topological polar surface area (TPSA) is 95.5 Å². The number of amides is 1. The van der Waals surface area contributed by atoms with Gasteiger partial charge in [0.15, 0.2) is 8.38 Å². The van der Waals surface area contributed by atoms with E-state index in [1.807, 2.05) is 18.8 Å². The zero-order valence-electron chi connectivity index (χ0n) is 24.0.